The smallest absolute Gasteiger partial charge is 0.142 e. The van der Waals surface area contributed by atoms with Gasteiger partial charge in [-0.3, -0.25) is 0 Å². The summed E-state index contributed by atoms with van der Waals surface area (Å²) in [6.45, 7) is 0. The summed E-state index contributed by atoms with van der Waals surface area (Å²) in [6, 6.07) is 1.64. The predicted octanol–water partition coefficient (Wildman–Crippen LogP) is 2.68. The van der Waals surface area contributed by atoms with Gasteiger partial charge in [0.2, 0.25) is 0 Å². The highest BCUT2D eigenvalue weighted by Crippen LogP contribution is 2.19. The number of thiol groups is 1. The normalized spacial score (nSPS) is 9.67. The van der Waals surface area contributed by atoms with Crippen LogP contribution in [-0.2, 0) is 0 Å². The van der Waals surface area contributed by atoms with Crippen LogP contribution < -0.4 is 0 Å². The third-order valence-corrected chi connectivity index (χ3v) is 1.77. The highest BCUT2D eigenvalue weighted by molar-refractivity contribution is 7.80. The molecule has 0 atom stereocenters. The maximum atomic E-state index is 5.55. The summed E-state index contributed by atoms with van der Waals surface area (Å²) in [5.74, 6) is 0. The fourth-order valence-electron chi connectivity index (χ4n) is 0.412. The quantitative estimate of drug-likeness (QED) is 0.478. The van der Waals surface area contributed by atoms with Crippen molar-refractivity contribution in [3.63, 3.8) is 0 Å². The minimum Gasteiger partial charge on any atom is -0.242 e. The van der Waals surface area contributed by atoms with E-state index >= 15 is 0 Å². The molecule has 0 bridgehead atoms. The lowest BCUT2D eigenvalue weighted by molar-refractivity contribution is 1.24. The van der Waals surface area contributed by atoms with Crippen LogP contribution in [0.15, 0.2) is 17.2 Å². The molecule has 0 spiro atoms. The molecule has 0 aromatic carbocycles. The van der Waals surface area contributed by atoms with Crippen molar-refractivity contribution in [3.8, 4) is 0 Å². The monoisotopic (exact) mass is 179 g/mol. The minimum absolute atomic E-state index is 0.378. The molecule has 0 aliphatic carbocycles. The Morgan fingerprint density at radius 3 is 2.56 bits per heavy atom. The van der Waals surface area contributed by atoms with Crippen LogP contribution in [0, 0.1) is 0 Å². The third-order valence-electron chi connectivity index (χ3n) is 0.787. The second kappa shape index (κ2) is 2.78. The molecular weight excluding hydrogens is 177 g/mol. The minimum atomic E-state index is 0.378. The van der Waals surface area contributed by atoms with E-state index in [4.69, 9.17) is 23.2 Å². The van der Waals surface area contributed by atoms with Gasteiger partial charge in [-0.25, -0.2) is 4.98 Å². The van der Waals surface area contributed by atoms with Gasteiger partial charge in [-0.2, -0.15) is 0 Å². The zero-order valence-corrected chi connectivity index (χ0v) is 6.71. The van der Waals surface area contributed by atoms with Crippen LogP contribution in [0.5, 0.6) is 0 Å². The molecule has 0 fully saturated rings. The lowest BCUT2D eigenvalue weighted by atomic mass is 10.5. The summed E-state index contributed by atoms with van der Waals surface area (Å²) < 4.78 is 0. The van der Waals surface area contributed by atoms with E-state index < -0.39 is 0 Å². The SMILES string of the molecule is Sc1cc(Cl)cnc1Cl. The summed E-state index contributed by atoms with van der Waals surface area (Å²) in [7, 11) is 0. The largest absolute Gasteiger partial charge is 0.242 e. The summed E-state index contributed by atoms with van der Waals surface area (Å²) in [4.78, 5) is 4.34. The fraction of sp³-hybridized carbons (Fsp3) is 0. The third kappa shape index (κ3) is 1.75. The molecule has 0 N–H and O–H groups in total. The standard InChI is InChI=1S/C5H3Cl2NS/c6-3-1-4(9)5(7)8-2-3/h1-2,9H. The van der Waals surface area contributed by atoms with Gasteiger partial charge in [0.05, 0.1) is 5.02 Å². The molecule has 0 saturated carbocycles. The van der Waals surface area contributed by atoms with Crippen molar-refractivity contribution >= 4 is 35.8 Å². The number of halogens is 2. The van der Waals surface area contributed by atoms with E-state index in [0.717, 1.165) is 0 Å². The zero-order valence-electron chi connectivity index (χ0n) is 4.31. The number of hydrogen-bond donors (Lipinski definition) is 1. The van der Waals surface area contributed by atoms with Crippen molar-refractivity contribution in [1.29, 1.82) is 0 Å². The van der Waals surface area contributed by atoms with Crippen molar-refractivity contribution in [2.24, 2.45) is 0 Å². The van der Waals surface area contributed by atoms with Gasteiger partial charge in [0.15, 0.2) is 0 Å². The Hall–Kier alpha value is 0.0800. The Labute approximate surface area is 68.4 Å². The molecule has 1 aromatic rings. The van der Waals surface area contributed by atoms with Gasteiger partial charge in [-0.05, 0) is 6.07 Å². The first-order valence-corrected chi connectivity index (χ1v) is 3.40. The first kappa shape index (κ1) is 7.19. The number of pyridine rings is 1. The van der Waals surface area contributed by atoms with Gasteiger partial charge >= 0.3 is 0 Å². The van der Waals surface area contributed by atoms with Crippen LogP contribution in [0.25, 0.3) is 0 Å². The van der Waals surface area contributed by atoms with E-state index in [1.54, 1.807) is 6.07 Å². The summed E-state index contributed by atoms with van der Waals surface area (Å²) in [6.07, 6.45) is 1.48. The van der Waals surface area contributed by atoms with Crippen molar-refractivity contribution in [2.75, 3.05) is 0 Å². The van der Waals surface area contributed by atoms with Crippen LogP contribution in [0.2, 0.25) is 10.2 Å². The van der Waals surface area contributed by atoms with Gasteiger partial charge in [0, 0.05) is 11.1 Å². The number of rotatable bonds is 0. The van der Waals surface area contributed by atoms with Crippen LogP contribution in [-0.4, -0.2) is 4.98 Å². The van der Waals surface area contributed by atoms with E-state index in [0.29, 0.717) is 15.1 Å². The molecule has 0 saturated heterocycles. The molecule has 48 valence electrons. The summed E-state index contributed by atoms with van der Waals surface area (Å²) in [5, 5.41) is 0.923. The van der Waals surface area contributed by atoms with Gasteiger partial charge in [0.1, 0.15) is 5.15 Å². The highest BCUT2D eigenvalue weighted by Gasteiger charge is 1.95. The molecular formula is C5H3Cl2NS. The molecule has 1 aromatic heterocycles. The number of aromatic nitrogens is 1. The van der Waals surface area contributed by atoms with Gasteiger partial charge in [0.25, 0.3) is 0 Å². The van der Waals surface area contributed by atoms with Crippen molar-refractivity contribution in [2.45, 2.75) is 4.90 Å². The molecule has 0 radical (unpaired) electrons. The molecule has 0 aliphatic rings. The van der Waals surface area contributed by atoms with Gasteiger partial charge < -0.3 is 0 Å². The maximum absolute atomic E-state index is 5.55. The Bertz CT molecular complexity index is 226. The molecule has 4 heteroatoms. The van der Waals surface area contributed by atoms with Crippen LogP contribution in [0.4, 0.5) is 0 Å². The second-order valence-electron chi connectivity index (χ2n) is 1.46. The average Bonchev–Trinajstić information content (AvgIpc) is 1.80. The number of nitrogens with zero attached hydrogens (tertiary/aromatic N) is 1. The first-order chi connectivity index (χ1) is 4.20. The lowest BCUT2D eigenvalue weighted by Crippen LogP contribution is -1.75. The zero-order chi connectivity index (χ0) is 6.85. The lowest BCUT2D eigenvalue weighted by Gasteiger charge is -1.93. The Morgan fingerprint density at radius 1 is 1.44 bits per heavy atom. The van der Waals surface area contributed by atoms with E-state index in [9.17, 15) is 0 Å². The highest BCUT2D eigenvalue weighted by atomic mass is 35.5. The molecule has 1 heterocycles. The van der Waals surface area contributed by atoms with Crippen LogP contribution in [0.3, 0.4) is 0 Å². The van der Waals surface area contributed by atoms with E-state index in [2.05, 4.69) is 17.6 Å². The van der Waals surface area contributed by atoms with E-state index in [1.807, 2.05) is 0 Å². The van der Waals surface area contributed by atoms with E-state index in [-0.39, 0.29) is 0 Å². The Balaban J connectivity index is 3.17. The number of hydrogen-bond acceptors (Lipinski definition) is 2. The topological polar surface area (TPSA) is 12.9 Å². The molecule has 1 rings (SSSR count). The molecule has 0 unspecified atom stereocenters. The molecule has 1 nitrogen and oxygen atoms in total. The van der Waals surface area contributed by atoms with Gasteiger partial charge in [-0.1, -0.05) is 23.2 Å². The first-order valence-electron chi connectivity index (χ1n) is 2.20. The Kier molecular flexibility index (Phi) is 2.22. The van der Waals surface area contributed by atoms with Crippen molar-refractivity contribution in [3.05, 3.63) is 22.4 Å². The summed E-state index contributed by atoms with van der Waals surface area (Å²) >= 11 is 15.1. The fourth-order valence-corrected chi connectivity index (χ4v) is 0.946. The second-order valence-corrected chi connectivity index (χ2v) is 2.74. The Morgan fingerprint density at radius 2 is 2.11 bits per heavy atom. The van der Waals surface area contributed by atoms with Gasteiger partial charge in [-0.15, -0.1) is 12.6 Å². The molecule has 0 aliphatic heterocycles. The average molecular weight is 180 g/mol. The van der Waals surface area contributed by atoms with E-state index in [1.165, 1.54) is 6.20 Å². The van der Waals surface area contributed by atoms with Crippen molar-refractivity contribution in [1.82, 2.24) is 4.98 Å². The van der Waals surface area contributed by atoms with Crippen molar-refractivity contribution < 1.29 is 0 Å². The van der Waals surface area contributed by atoms with Crippen LogP contribution >= 0.6 is 35.8 Å². The maximum Gasteiger partial charge on any atom is 0.142 e. The molecule has 0 amide bonds. The predicted molar refractivity (Wildman–Crippen MR) is 41.5 cm³/mol. The summed E-state index contributed by atoms with van der Waals surface area (Å²) in [5.41, 5.74) is 0. The molecule has 9 heavy (non-hydrogen) atoms. The van der Waals surface area contributed by atoms with Crippen LogP contribution in [0.1, 0.15) is 0 Å².